The van der Waals surface area contributed by atoms with Gasteiger partial charge in [0.05, 0.1) is 19.2 Å². The Morgan fingerprint density at radius 1 is 1.27 bits per heavy atom. The molecule has 0 atom stereocenters. The molecule has 1 heterocycles. The lowest BCUT2D eigenvalue weighted by atomic mass is 9.91. The highest BCUT2D eigenvalue weighted by molar-refractivity contribution is 7.07. The molecule has 0 radical (unpaired) electrons. The molecule has 0 aliphatic heterocycles. The number of carbonyl (C=O) groups excluding carboxylic acids is 1. The van der Waals surface area contributed by atoms with Gasteiger partial charge in [0.15, 0.2) is 5.78 Å². The van der Waals surface area contributed by atoms with Gasteiger partial charge in [-0.05, 0) is 17.7 Å². The first-order valence-electron chi connectivity index (χ1n) is 6.59. The quantitative estimate of drug-likeness (QED) is 0.900. The summed E-state index contributed by atoms with van der Waals surface area (Å²) >= 11 is 13.3. The van der Waals surface area contributed by atoms with Gasteiger partial charge in [-0.15, -0.1) is 11.3 Å². The van der Waals surface area contributed by atoms with Crippen molar-refractivity contribution in [3.63, 3.8) is 0 Å². The molecule has 1 N–H and O–H groups in total. The molecule has 22 heavy (non-hydrogen) atoms. The Bertz CT molecular complexity index is 888. The number of carbonyl (C=O) groups is 1. The number of nitrogens with one attached hydrogen (secondary N) is 1. The number of H-pyrrole nitrogens is 1. The predicted molar refractivity (Wildman–Crippen MR) is 93.1 cm³/mol. The van der Waals surface area contributed by atoms with E-state index in [4.69, 9.17) is 23.2 Å². The Kier molecular flexibility index (Phi) is 4.95. The molecule has 116 valence electrons. The average molecular weight is 356 g/mol. The van der Waals surface area contributed by atoms with Crippen molar-refractivity contribution in [1.82, 2.24) is 4.98 Å². The largest absolute Gasteiger partial charge is 0.313 e. The molecule has 6 heteroatoms. The first-order chi connectivity index (χ1) is 10.2. The molecule has 0 fully saturated rings. The highest BCUT2D eigenvalue weighted by atomic mass is 35.5. The van der Waals surface area contributed by atoms with Crippen LogP contribution in [-0.4, -0.2) is 10.8 Å². The Morgan fingerprint density at radius 3 is 2.59 bits per heavy atom. The fraction of sp³-hybridized carbons (Fsp3) is 0.250. The summed E-state index contributed by atoms with van der Waals surface area (Å²) in [5, 5.41) is 0.825. The van der Waals surface area contributed by atoms with E-state index in [0.29, 0.717) is 24.8 Å². The minimum atomic E-state index is -0.485. The molecular weight excluding hydrogens is 341 g/mol. The second-order valence-electron chi connectivity index (χ2n) is 5.83. The normalized spacial score (nSPS) is 13.7. The van der Waals surface area contributed by atoms with Crippen molar-refractivity contribution < 1.29 is 4.79 Å². The van der Waals surface area contributed by atoms with Gasteiger partial charge in [0, 0.05) is 11.5 Å². The van der Waals surface area contributed by atoms with Crippen molar-refractivity contribution in [2.75, 3.05) is 0 Å². The first kappa shape index (κ1) is 17.0. The summed E-state index contributed by atoms with van der Waals surface area (Å²) in [6, 6.07) is 5.22. The van der Waals surface area contributed by atoms with E-state index < -0.39 is 5.41 Å². The molecule has 1 aromatic heterocycles. The van der Waals surface area contributed by atoms with Crippen LogP contribution in [0.5, 0.6) is 0 Å². The lowest BCUT2D eigenvalue weighted by Crippen LogP contribution is -2.22. The van der Waals surface area contributed by atoms with Crippen LogP contribution in [0.4, 0.5) is 0 Å². The molecule has 2 rings (SSSR count). The molecule has 1 aromatic carbocycles. The second-order valence-corrected chi connectivity index (χ2v) is 7.70. The summed E-state index contributed by atoms with van der Waals surface area (Å²) in [5.41, 5.74) is -0.0784. The molecule has 0 bridgehead atoms. The zero-order valence-corrected chi connectivity index (χ0v) is 14.7. The van der Waals surface area contributed by atoms with Gasteiger partial charge in [-0.2, -0.15) is 0 Å². The van der Waals surface area contributed by atoms with Crippen LogP contribution in [0.15, 0.2) is 23.0 Å². The van der Waals surface area contributed by atoms with E-state index in [1.54, 1.807) is 24.3 Å². The maximum atomic E-state index is 12.0. The third-order valence-corrected chi connectivity index (χ3v) is 4.75. The van der Waals surface area contributed by atoms with Crippen LogP contribution in [0, 0.1) is 5.41 Å². The SMILES string of the molecule is CC(C)(C)C(=O)/C=c1\[nH]c(=O)/c(=C\c2cccc(Cl)c2Cl)s1. The summed E-state index contributed by atoms with van der Waals surface area (Å²) in [4.78, 5) is 26.7. The van der Waals surface area contributed by atoms with Crippen molar-refractivity contribution >= 4 is 52.5 Å². The number of aromatic nitrogens is 1. The van der Waals surface area contributed by atoms with E-state index in [1.807, 2.05) is 20.8 Å². The topological polar surface area (TPSA) is 49.9 Å². The van der Waals surface area contributed by atoms with E-state index in [2.05, 4.69) is 4.98 Å². The first-order valence-corrected chi connectivity index (χ1v) is 8.17. The smallest absolute Gasteiger partial charge is 0.266 e. The summed E-state index contributed by atoms with van der Waals surface area (Å²) in [6.07, 6.45) is 3.12. The number of thiazole rings is 1. The van der Waals surface area contributed by atoms with Crippen LogP contribution in [0.2, 0.25) is 10.0 Å². The Balaban J connectivity index is 2.54. The number of aromatic amines is 1. The molecule has 0 unspecified atom stereocenters. The average Bonchev–Trinajstić information content (AvgIpc) is 2.74. The van der Waals surface area contributed by atoms with Crippen LogP contribution in [0.3, 0.4) is 0 Å². The van der Waals surface area contributed by atoms with Crippen LogP contribution < -0.4 is 14.8 Å². The molecule has 0 aliphatic carbocycles. The van der Waals surface area contributed by atoms with Crippen LogP contribution >= 0.6 is 34.5 Å². The number of hydrogen-bond donors (Lipinski definition) is 1. The molecule has 2 aromatic rings. The molecule has 0 saturated carbocycles. The van der Waals surface area contributed by atoms with Gasteiger partial charge in [0.25, 0.3) is 5.56 Å². The van der Waals surface area contributed by atoms with E-state index in [-0.39, 0.29) is 11.3 Å². The van der Waals surface area contributed by atoms with E-state index in [9.17, 15) is 9.59 Å². The highest BCUT2D eigenvalue weighted by Gasteiger charge is 2.18. The maximum absolute atomic E-state index is 12.0. The van der Waals surface area contributed by atoms with Gasteiger partial charge >= 0.3 is 0 Å². The number of hydrogen-bond acceptors (Lipinski definition) is 3. The standard InChI is InChI=1S/C16H15Cl2NO2S/c1-16(2,3)12(20)8-13-19-15(21)11(22-13)7-9-5-4-6-10(17)14(9)18/h4-8H,1-3H3,(H,19,21)/b11-7+,13-8+. The van der Waals surface area contributed by atoms with Crippen molar-refractivity contribution in [3.8, 4) is 0 Å². The molecule has 0 amide bonds. The van der Waals surface area contributed by atoms with Gasteiger partial charge in [0.1, 0.15) is 0 Å². The monoisotopic (exact) mass is 355 g/mol. The number of halogens is 2. The molecule has 0 aliphatic rings. The predicted octanol–water partition coefficient (Wildman–Crippen LogP) is 2.97. The fourth-order valence-corrected chi connectivity index (χ4v) is 2.87. The molecule has 3 nitrogen and oxygen atoms in total. The van der Waals surface area contributed by atoms with E-state index >= 15 is 0 Å². The van der Waals surface area contributed by atoms with Gasteiger partial charge in [0.2, 0.25) is 0 Å². The Morgan fingerprint density at radius 2 is 1.95 bits per heavy atom. The molecule has 0 spiro atoms. The van der Waals surface area contributed by atoms with Crippen molar-refractivity contribution in [2.24, 2.45) is 5.41 Å². The van der Waals surface area contributed by atoms with Gasteiger partial charge in [-0.25, -0.2) is 0 Å². The van der Waals surface area contributed by atoms with Crippen molar-refractivity contribution in [3.05, 3.63) is 53.4 Å². The summed E-state index contributed by atoms with van der Waals surface area (Å²) in [6.45, 7) is 5.49. The number of ketones is 1. The van der Waals surface area contributed by atoms with Gasteiger partial charge in [-0.1, -0.05) is 56.1 Å². The third-order valence-electron chi connectivity index (χ3n) is 2.95. The maximum Gasteiger partial charge on any atom is 0.266 e. The number of Topliss-reactive ketones (excluding diaryl/α,β-unsaturated/α-hetero) is 1. The van der Waals surface area contributed by atoms with E-state index in [0.717, 1.165) is 0 Å². The number of rotatable bonds is 2. The summed E-state index contributed by atoms with van der Waals surface area (Å²) in [5.74, 6) is -0.0441. The summed E-state index contributed by atoms with van der Waals surface area (Å²) < 4.78 is 0.992. The Labute approximate surface area is 141 Å². The zero-order valence-electron chi connectivity index (χ0n) is 12.4. The molecular formula is C16H15Cl2NO2S. The minimum absolute atomic E-state index is 0.0441. The second kappa shape index (κ2) is 6.41. The van der Waals surface area contributed by atoms with Crippen LogP contribution in [0.25, 0.3) is 12.2 Å². The number of benzene rings is 1. The van der Waals surface area contributed by atoms with Crippen LogP contribution in [-0.2, 0) is 4.79 Å². The van der Waals surface area contributed by atoms with Gasteiger partial charge < -0.3 is 4.98 Å². The lowest BCUT2D eigenvalue weighted by molar-refractivity contribution is -0.119. The third kappa shape index (κ3) is 3.88. The van der Waals surface area contributed by atoms with Gasteiger partial charge in [-0.3, -0.25) is 9.59 Å². The zero-order chi connectivity index (χ0) is 16.5. The summed E-state index contributed by atoms with van der Waals surface area (Å²) in [7, 11) is 0. The van der Waals surface area contributed by atoms with E-state index in [1.165, 1.54) is 17.4 Å². The van der Waals surface area contributed by atoms with Crippen molar-refractivity contribution in [2.45, 2.75) is 20.8 Å². The Hall–Kier alpha value is -1.36. The van der Waals surface area contributed by atoms with Crippen molar-refractivity contribution in [1.29, 1.82) is 0 Å². The highest BCUT2D eigenvalue weighted by Crippen LogP contribution is 2.25. The fourth-order valence-electron chi connectivity index (χ4n) is 1.63. The lowest BCUT2D eigenvalue weighted by Gasteiger charge is -2.12. The minimum Gasteiger partial charge on any atom is -0.313 e. The molecule has 0 saturated heterocycles. The van der Waals surface area contributed by atoms with Crippen LogP contribution in [0.1, 0.15) is 26.3 Å².